The molecule has 0 fully saturated rings. The van der Waals surface area contributed by atoms with Gasteiger partial charge in [-0.2, -0.15) is 0 Å². The van der Waals surface area contributed by atoms with Crippen LogP contribution in [0.1, 0.15) is 11.5 Å². The lowest BCUT2D eigenvalue weighted by molar-refractivity contribution is -0.128. The monoisotopic (exact) mass is 284 g/mol. The average molecular weight is 284 g/mol. The van der Waals surface area contributed by atoms with Crippen LogP contribution in [0.3, 0.4) is 0 Å². The normalized spacial score (nSPS) is 15.1. The fourth-order valence-electron chi connectivity index (χ4n) is 1.75. The van der Waals surface area contributed by atoms with E-state index in [-0.39, 0.29) is 4.99 Å². The summed E-state index contributed by atoms with van der Waals surface area (Å²) in [5.41, 5.74) is 5.51. The first-order chi connectivity index (χ1) is 8.95. The molecule has 5 N–H and O–H groups in total. The quantitative estimate of drug-likeness (QED) is 0.451. The molecule has 0 aliphatic carbocycles. The molecule has 0 radical (unpaired) electrons. The van der Waals surface area contributed by atoms with Crippen LogP contribution in [0.25, 0.3) is 0 Å². The number of likely N-dealkylation sites (N-methyl/N-ethyl adjacent to an activating group) is 1. The Morgan fingerprint density at radius 1 is 1.53 bits per heavy atom. The number of benzene rings is 1. The van der Waals surface area contributed by atoms with Gasteiger partial charge in [0.2, 0.25) is 0 Å². The van der Waals surface area contributed by atoms with Crippen LogP contribution in [0, 0.1) is 0 Å². The van der Waals surface area contributed by atoms with Gasteiger partial charge in [-0.25, -0.2) is 4.79 Å². The van der Waals surface area contributed by atoms with Crippen LogP contribution in [-0.2, 0) is 4.74 Å². The zero-order valence-corrected chi connectivity index (χ0v) is 11.2. The van der Waals surface area contributed by atoms with E-state index in [0.717, 1.165) is 0 Å². The van der Waals surface area contributed by atoms with Crippen LogP contribution in [0.4, 0.5) is 4.79 Å². The van der Waals surface area contributed by atoms with Crippen molar-refractivity contribution in [3.8, 4) is 0 Å². The van der Waals surface area contributed by atoms with Crippen molar-refractivity contribution >= 4 is 23.3 Å². The first-order valence-electron chi connectivity index (χ1n) is 5.54. The minimum atomic E-state index is -2.20. The molecule has 1 rings (SSSR count). The number of thiocarbonyl (C=S) groups is 1. The van der Waals surface area contributed by atoms with Crippen LogP contribution in [-0.4, -0.2) is 40.7 Å². The summed E-state index contributed by atoms with van der Waals surface area (Å²) in [5.74, 6) is -3.15. The van der Waals surface area contributed by atoms with E-state index in [4.69, 9.17) is 22.7 Å². The van der Waals surface area contributed by atoms with Gasteiger partial charge < -0.3 is 26.0 Å². The Morgan fingerprint density at radius 2 is 2.11 bits per heavy atom. The van der Waals surface area contributed by atoms with Gasteiger partial charge in [0.25, 0.3) is 5.79 Å². The lowest BCUT2D eigenvalue weighted by atomic mass is 9.90. The summed E-state index contributed by atoms with van der Waals surface area (Å²) in [6, 6.07) is 8.58. The van der Waals surface area contributed by atoms with Crippen LogP contribution >= 0.6 is 12.2 Å². The number of aliphatic hydroxyl groups is 2. The molecule has 0 aliphatic rings. The standard InChI is InChI=1S/C12H16N2O4S/c1-14-10(19)12(17,18-11(13)16)9(7-15)8-5-3-2-4-6-8/h2-6,9,15,17H,7H2,1H3,(H2,13,16)(H,14,19). The summed E-state index contributed by atoms with van der Waals surface area (Å²) in [5, 5.41) is 22.5. The summed E-state index contributed by atoms with van der Waals surface area (Å²) in [6.45, 7) is -0.477. The van der Waals surface area contributed by atoms with Crippen molar-refractivity contribution in [2.45, 2.75) is 11.7 Å². The number of hydrogen-bond acceptors (Lipinski definition) is 5. The highest BCUT2D eigenvalue weighted by atomic mass is 32.1. The summed E-state index contributed by atoms with van der Waals surface area (Å²) in [7, 11) is 1.47. The predicted octanol–water partition coefficient (Wildman–Crippen LogP) is 0.0932. The Labute approximate surface area is 116 Å². The largest absolute Gasteiger partial charge is 0.409 e. The molecule has 1 aromatic carbocycles. The Kier molecular flexibility index (Phi) is 5.22. The fourth-order valence-corrected chi connectivity index (χ4v) is 1.93. The zero-order valence-electron chi connectivity index (χ0n) is 10.4. The third kappa shape index (κ3) is 3.40. The number of amides is 1. The molecular formula is C12H16N2O4S. The van der Waals surface area contributed by atoms with E-state index in [1.807, 2.05) is 0 Å². The SMILES string of the molecule is CNC(=S)C(O)(OC(N)=O)C(CO)c1ccccc1. The average Bonchev–Trinajstić information content (AvgIpc) is 2.38. The highest BCUT2D eigenvalue weighted by Crippen LogP contribution is 2.30. The maximum absolute atomic E-state index is 11.0. The first-order valence-corrected chi connectivity index (χ1v) is 5.95. The molecule has 0 aliphatic heterocycles. The van der Waals surface area contributed by atoms with E-state index in [0.29, 0.717) is 5.56 Å². The Morgan fingerprint density at radius 3 is 2.53 bits per heavy atom. The summed E-state index contributed by atoms with van der Waals surface area (Å²) in [4.78, 5) is 10.8. The number of hydrogen-bond donors (Lipinski definition) is 4. The number of nitrogens with two attached hydrogens (primary N) is 1. The molecular weight excluding hydrogens is 268 g/mol. The van der Waals surface area contributed by atoms with E-state index < -0.39 is 24.4 Å². The molecule has 0 bridgehead atoms. The van der Waals surface area contributed by atoms with Gasteiger partial charge in [0.05, 0.1) is 12.5 Å². The molecule has 7 heteroatoms. The summed E-state index contributed by atoms with van der Waals surface area (Å²) < 4.78 is 4.73. The number of carbonyl (C=O) groups excluding carboxylic acids is 1. The van der Waals surface area contributed by atoms with Gasteiger partial charge in [0.15, 0.2) is 0 Å². The van der Waals surface area contributed by atoms with Crippen molar-refractivity contribution in [1.29, 1.82) is 0 Å². The van der Waals surface area contributed by atoms with Crippen LogP contribution < -0.4 is 11.1 Å². The number of aliphatic hydroxyl groups excluding tert-OH is 1. The first kappa shape index (κ1) is 15.4. The van der Waals surface area contributed by atoms with Gasteiger partial charge in [-0.05, 0) is 5.56 Å². The maximum atomic E-state index is 11.0. The molecule has 0 saturated heterocycles. The molecule has 0 saturated carbocycles. The second kappa shape index (κ2) is 6.46. The highest BCUT2D eigenvalue weighted by molar-refractivity contribution is 7.80. The second-order valence-corrected chi connectivity index (χ2v) is 4.25. The highest BCUT2D eigenvalue weighted by Gasteiger charge is 2.45. The van der Waals surface area contributed by atoms with Crippen molar-refractivity contribution < 1.29 is 19.7 Å². The maximum Gasteiger partial charge on any atom is 0.407 e. The van der Waals surface area contributed by atoms with E-state index in [1.54, 1.807) is 30.3 Å². The van der Waals surface area contributed by atoms with Gasteiger partial charge in [0, 0.05) is 7.05 Å². The summed E-state index contributed by atoms with van der Waals surface area (Å²) in [6.07, 6.45) is -1.19. The van der Waals surface area contributed by atoms with Crippen molar-refractivity contribution in [1.82, 2.24) is 5.32 Å². The third-order valence-corrected chi connectivity index (χ3v) is 3.16. The van der Waals surface area contributed by atoms with E-state index in [1.165, 1.54) is 7.05 Å². The minimum Gasteiger partial charge on any atom is -0.409 e. The molecule has 104 valence electrons. The van der Waals surface area contributed by atoms with Crippen molar-refractivity contribution in [3.05, 3.63) is 35.9 Å². The van der Waals surface area contributed by atoms with Gasteiger partial charge in [-0.1, -0.05) is 42.5 Å². The topological polar surface area (TPSA) is 105 Å². The molecule has 0 heterocycles. The van der Waals surface area contributed by atoms with Crippen LogP contribution in [0.2, 0.25) is 0 Å². The minimum absolute atomic E-state index is 0.144. The number of carbonyl (C=O) groups is 1. The van der Waals surface area contributed by atoms with Crippen molar-refractivity contribution in [3.63, 3.8) is 0 Å². The van der Waals surface area contributed by atoms with Gasteiger partial charge in [0.1, 0.15) is 4.99 Å². The molecule has 2 unspecified atom stereocenters. The van der Waals surface area contributed by atoms with E-state index >= 15 is 0 Å². The lowest BCUT2D eigenvalue weighted by Crippen LogP contribution is -2.54. The molecule has 19 heavy (non-hydrogen) atoms. The lowest BCUT2D eigenvalue weighted by Gasteiger charge is -2.34. The predicted molar refractivity (Wildman–Crippen MR) is 73.5 cm³/mol. The zero-order chi connectivity index (χ0) is 14.5. The summed E-state index contributed by atoms with van der Waals surface area (Å²) >= 11 is 4.95. The number of primary amides is 1. The van der Waals surface area contributed by atoms with Crippen molar-refractivity contribution in [2.24, 2.45) is 5.73 Å². The smallest absolute Gasteiger partial charge is 0.407 e. The molecule has 0 spiro atoms. The Bertz CT molecular complexity index is 454. The van der Waals surface area contributed by atoms with Crippen molar-refractivity contribution in [2.75, 3.05) is 13.7 Å². The Hall–Kier alpha value is -1.70. The van der Waals surface area contributed by atoms with Crippen LogP contribution in [0.15, 0.2) is 30.3 Å². The number of nitrogens with one attached hydrogen (secondary N) is 1. The Balaban J connectivity index is 3.21. The molecule has 2 atom stereocenters. The molecule has 1 aromatic rings. The molecule has 6 nitrogen and oxygen atoms in total. The van der Waals surface area contributed by atoms with E-state index in [2.05, 4.69) is 5.32 Å². The number of ether oxygens (including phenoxy) is 1. The van der Waals surface area contributed by atoms with Crippen LogP contribution in [0.5, 0.6) is 0 Å². The molecule has 1 amide bonds. The van der Waals surface area contributed by atoms with Gasteiger partial charge >= 0.3 is 6.09 Å². The third-order valence-electron chi connectivity index (χ3n) is 2.67. The fraction of sp³-hybridized carbons (Fsp3) is 0.333. The van der Waals surface area contributed by atoms with E-state index in [9.17, 15) is 15.0 Å². The van der Waals surface area contributed by atoms with Gasteiger partial charge in [-0.15, -0.1) is 0 Å². The van der Waals surface area contributed by atoms with Gasteiger partial charge in [-0.3, -0.25) is 0 Å². The number of rotatable bonds is 5. The second-order valence-electron chi connectivity index (χ2n) is 3.84. The molecule has 0 aromatic heterocycles.